The molecule has 0 radical (unpaired) electrons. The summed E-state index contributed by atoms with van der Waals surface area (Å²) in [5, 5.41) is 0. The molecule has 0 amide bonds. The molecule has 0 aliphatic heterocycles. The molecule has 1 aromatic rings. The van der Waals surface area contributed by atoms with E-state index in [0.717, 1.165) is 5.56 Å². The van der Waals surface area contributed by atoms with Gasteiger partial charge in [-0.1, -0.05) is 6.07 Å². The number of alkyl halides is 1. The monoisotopic (exact) mass is 185 g/mol. The third-order valence-corrected chi connectivity index (χ3v) is 2.00. The lowest BCUT2D eigenvalue weighted by molar-refractivity contribution is 0.340. The maximum atomic E-state index is 13.3. The second-order valence-electron chi connectivity index (χ2n) is 3.18. The van der Waals surface area contributed by atoms with Gasteiger partial charge < -0.3 is 5.73 Å². The fourth-order valence-electron chi connectivity index (χ4n) is 1.44. The first-order valence-electron chi connectivity index (χ1n) is 4.17. The summed E-state index contributed by atoms with van der Waals surface area (Å²) >= 11 is 0. The van der Waals surface area contributed by atoms with E-state index in [0.29, 0.717) is 5.56 Å². The second-order valence-corrected chi connectivity index (χ2v) is 3.18. The van der Waals surface area contributed by atoms with Crippen LogP contribution in [0.5, 0.6) is 0 Å². The van der Waals surface area contributed by atoms with Crippen LogP contribution in [0.3, 0.4) is 0 Å². The maximum absolute atomic E-state index is 13.3. The minimum Gasteiger partial charge on any atom is -0.327 e. The molecule has 0 aliphatic rings. The van der Waals surface area contributed by atoms with Crippen molar-refractivity contribution in [3.63, 3.8) is 0 Å². The summed E-state index contributed by atoms with van der Waals surface area (Å²) in [7, 11) is 0. The Balaban J connectivity index is 3.20. The Morgan fingerprint density at radius 3 is 2.46 bits per heavy atom. The van der Waals surface area contributed by atoms with E-state index in [4.69, 9.17) is 5.73 Å². The Hall–Kier alpha value is -0.960. The van der Waals surface area contributed by atoms with Gasteiger partial charge in [0.1, 0.15) is 12.0 Å². The molecule has 1 unspecified atom stereocenters. The molecule has 0 aliphatic carbocycles. The molecular formula is C10H13F2N. The first kappa shape index (κ1) is 10.1. The van der Waals surface area contributed by atoms with Gasteiger partial charge in [-0.25, -0.2) is 8.78 Å². The van der Waals surface area contributed by atoms with Gasteiger partial charge in [0.25, 0.3) is 0 Å². The van der Waals surface area contributed by atoms with Crippen LogP contribution in [0.1, 0.15) is 22.9 Å². The lowest BCUT2D eigenvalue weighted by Crippen LogP contribution is -2.11. The van der Waals surface area contributed by atoms with Crippen molar-refractivity contribution in [2.45, 2.75) is 20.0 Å². The molecule has 1 nitrogen and oxygen atoms in total. The Morgan fingerprint density at radius 1 is 1.38 bits per heavy atom. The SMILES string of the molecule is Cc1cc(C)c(C(F)CN)c(F)c1. The van der Waals surface area contributed by atoms with Crippen molar-refractivity contribution in [1.82, 2.24) is 0 Å². The normalized spacial score (nSPS) is 13.0. The van der Waals surface area contributed by atoms with Crippen molar-refractivity contribution < 1.29 is 8.78 Å². The lowest BCUT2D eigenvalue weighted by atomic mass is 10.0. The molecule has 1 atom stereocenters. The van der Waals surface area contributed by atoms with Crippen LogP contribution < -0.4 is 5.73 Å². The van der Waals surface area contributed by atoms with Crippen LogP contribution in [-0.2, 0) is 0 Å². The summed E-state index contributed by atoms with van der Waals surface area (Å²) in [5.74, 6) is -0.504. The topological polar surface area (TPSA) is 26.0 Å². The summed E-state index contributed by atoms with van der Waals surface area (Å²) in [6.45, 7) is 3.28. The van der Waals surface area contributed by atoms with Crippen molar-refractivity contribution in [2.75, 3.05) is 6.54 Å². The van der Waals surface area contributed by atoms with Gasteiger partial charge in [0, 0.05) is 12.1 Å². The zero-order chi connectivity index (χ0) is 10.0. The molecule has 0 saturated carbocycles. The minimum atomic E-state index is -1.40. The third-order valence-electron chi connectivity index (χ3n) is 2.00. The number of aryl methyl sites for hydroxylation is 2. The predicted molar refractivity (Wildman–Crippen MR) is 48.8 cm³/mol. The molecule has 0 spiro atoms. The summed E-state index contributed by atoms with van der Waals surface area (Å²) in [6, 6.07) is 3.07. The molecule has 0 saturated heterocycles. The molecule has 3 heteroatoms. The van der Waals surface area contributed by atoms with Crippen LogP contribution in [0.4, 0.5) is 8.78 Å². The van der Waals surface area contributed by atoms with E-state index in [9.17, 15) is 8.78 Å². The largest absolute Gasteiger partial charge is 0.327 e. The van der Waals surface area contributed by atoms with Crippen LogP contribution in [0.25, 0.3) is 0 Å². The molecule has 0 aromatic heterocycles. The van der Waals surface area contributed by atoms with Crippen LogP contribution in [0.15, 0.2) is 12.1 Å². The van der Waals surface area contributed by atoms with Gasteiger partial charge in [0.15, 0.2) is 0 Å². The quantitative estimate of drug-likeness (QED) is 0.752. The molecule has 1 rings (SSSR count). The summed E-state index contributed by atoms with van der Waals surface area (Å²) < 4.78 is 26.4. The molecule has 72 valence electrons. The van der Waals surface area contributed by atoms with E-state index in [-0.39, 0.29) is 12.1 Å². The van der Waals surface area contributed by atoms with Gasteiger partial charge in [-0.15, -0.1) is 0 Å². The van der Waals surface area contributed by atoms with Crippen LogP contribution in [0.2, 0.25) is 0 Å². The van der Waals surface area contributed by atoms with E-state index in [1.54, 1.807) is 19.9 Å². The van der Waals surface area contributed by atoms with Gasteiger partial charge in [0.05, 0.1) is 0 Å². The predicted octanol–water partition coefficient (Wildman–Crippen LogP) is 2.41. The summed E-state index contributed by atoms with van der Waals surface area (Å²) in [5.41, 5.74) is 6.64. The average molecular weight is 185 g/mol. The van der Waals surface area contributed by atoms with Crippen molar-refractivity contribution in [2.24, 2.45) is 5.73 Å². The Bertz CT molecular complexity index is 287. The molecule has 1 aromatic carbocycles. The second kappa shape index (κ2) is 3.83. The standard InChI is InChI=1S/C10H13F2N/c1-6-3-7(2)10(8(11)4-6)9(12)5-13/h3-4,9H,5,13H2,1-2H3. The number of hydrogen-bond donors (Lipinski definition) is 1. The van der Waals surface area contributed by atoms with E-state index >= 15 is 0 Å². The zero-order valence-corrected chi connectivity index (χ0v) is 7.77. The lowest BCUT2D eigenvalue weighted by Gasteiger charge is -2.11. The smallest absolute Gasteiger partial charge is 0.140 e. The highest BCUT2D eigenvalue weighted by atomic mass is 19.1. The molecule has 0 bridgehead atoms. The average Bonchev–Trinajstić information content (AvgIpc) is 2.02. The highest BCUT2D eigenvalue weighted by Crippen LogP contribution is 2.24. The fourth-order valence-corrected chi connectivity index (χ4v) is 1.44. The number of benzene rings is 1. The highest BCUT2D eigenvalue weighted by molar-refractivity contribution is 5.33. The van der Waals surface area contributed by atoms with Crippen LogP contribution in [0, 0.1) is 19.7 Å². The van der Waals surface area contributed by atoms with Crippen molar-refractivity contribution in [1.29, 1.82) is 0 Å². The Morgan fingerprint density at radius 2 is 2.00 bits per heavy atom. The van der Waals surface area contributed by atoms with Crippen LogP contribution in [-0.4, -0.2) is 6.54 Å². The molecule has 13 heavy (non-hydrogen) atoms. The Kier molecular flexibility index (Phi) is 2.98. The summed E-state index contributed by atoms with van der Waals surface area (Å²) in [6.07, 6.45) is -1.40. The van der Waals surface area contributed by atoms with E-state index in [1.165, 1.54) is 6.07 Å². The minimum absolute atomic E-state index is 0.0908. The first-order chi connectivity index (χ1) is 6.06. The fraction of sp³-hybridized carbons (Fsp3) is 0.400. The summed E-state index contributed by atoms with van der Waals surface area (Å²) in [4.78, 5) is 0. The van der Waals surface area contributed by atoms with Gasteiger partial charge >= 0.3 is 0 Å². The highest BCUT2D eigenvalue weighted by Gasteiger charge is 2.15. The molecule has 0 fully saturated rings. The number of nitrogens with two attached hydrogens (primary N) is 1. The van der Waals surface area contributed by atoms with Crippen LogP contribution >= 0.6 is 0 Å². The van der Waals surface area contributed by atoms with E-state index in [1.807, 2.05) is 0 Å². The number of rotatable bonds is 2. The maximum Gasteiger partial charge on any atom is 0.140 e. The Labute approximate surface area is 76.6 Å². The van der Waals surface area contributed by atoms with Crippen molar-refractivity contribution in [3.05, 3.63) is 34.6 Å². The molecule has 0 heterocycles. The van der Waals surface area contributed by atoms with Crippen molar-refractivity contribution in [3.8, 4) is 0 Å². The van der Waals surface area contributed by atoms with Gasteiger partial charge in [0.2, 0.25) is 0 Å². The third kappa shape index (κ3) is 2.04. The number of halogens is 2. The van der Waals surface area contributed by atoms with E-state index in [2.05, 4.69) is 0 Å². The molecular weight excluding hydrogens is 172 g/mol. The zero-order valence-electron chi connectivity index (χ0n) is 7.77. The van der Waals surface area contributed by atoms with E-state index < -0.39 is 12.0 Å². The van der Waals surface area contributed by atoms with Gasteiger partial charge in [-0.3, -0.25) is 0 Å². The molecule has 2 N–H and O–H groups in total. The first-order valence-corrected chi connectivity index (χ1v) is 4.17. The van der Waals surface area contributed by atoms with Gasteiger partial charge in [-0.05, 0) is 31.0 Å². The van der Waals surface area contributed by atoms with Gasteiger partial charge in [-0.2, -0.15) is 0 Å². The number of hydrogen-bond acceptors (Lipinski definition) is 1. The van der Waals surface area contributed by atoms with Crippen molar-refractivity contribution >= 4 is 0 Å².